The van der Waals surface area contributed by atoms with Crippen molar-refractivity contribution in [1.82, 2.24) is 15.3 Å². The molecule has 18 heavy (non-hydrogen) atoms. The number of aromatic amines is 1. The molecular formula is C13H16FN3O. The topological polar surface area (TPSA) is 49.9 Å². The van der Waals surface area contributed by atoms with Gasteiger partial charge >= 0.3 is 0 Å². The number of nitrogens with one attached hydrogen (secondary N) is 2. The van der Waals surface area contributed by atoms with Crippen molar-refractivity contribution in [2.45, 2.75) is 18.9 Å². The molecule has 2 N–H and O–H groups in total. The maximum absolute atomic E-state index is 13.6. The highest BCUT2D eigenvalue weighted by molar-refractivity contribution is 5.75. The van der Waals surface area contributed by atoms with E-state index in [0.29, 0.717) is 18.7 Å². The van der Waals surface area contributed by atoms with Gasteiger partial charge in [0.25, 0.3) is 0 Å². The van der Waals surface area contributed by atoms with Gasteiger partial charge in [-0.15, -0.1) is 0 Å². The quantitative estimate of drug-likeness (QED) is 0.872. The second kappa shape index (κ2) is 4.66. The van der Waals surface area contributed by atoms with Gasteiger partial charge in [0.2, 0.25) is 0 Å². The van der Waals surface area contributed by atoms with Gasteiger partial charge in [-0.1, -0.05) is 13.0 Å². The molecule has 5 heteroatoms. The van der Waals surface area contributed by atoms with Crippen LogP contribution in [0, 0.1) is 5.82 Å². The van der Waals surface area contributed by atoms with Gasteiger partial charge in [-0.2, -0.15) is 0 Å². The van der Waals surface area contributed by atoms with Gasteiger partial charge in [0.05, 0.1) is 24.6 Å². The molecule has 1 aromatic carbocycles. The molecule has 2 aromatic rings. The maximum atomic E-state index is 13.6. The van der Waals surface area contributed by atoms with E-state index in [2.05, 4.69) is 22.2 Å². The van der Waals surface area contributed by atoms with E-state index in [-0.39, 0.29) is 17.8 Å². The SMILES string of the molecule is CCNC1COCC1c1nc2c(F)cccc2[nH]1. The van der Waals surface area contributed by atoms with E-state index in [4.69, 9.17) is 4.74 Å². The molecule has 1 aliphatic rings. The molecule has 4 nitrogen and oxygen atoms in total. The predicted molar refractivity (Wildman–Crippen MR) is 67.1 cm³/mol. The Balaban J connectivity index is 1.96. The van der Waals surface area contributed by atoms with Gasteiger partial charge in [-0.25, -0.2) is 9.37 Å². The number of aromatic nitrogens is 2. The van der Waals surface area contributed by atoms with Crippen molar-refractivity contribution >= 4 is 11.0 Å². The molecule has 0 bridgehead atoms. The number of imidazole rings is 1. The van der Waals surface area contributed by atoms with Crippen LogP contribution in [0.5, 0.6) is 0 Å². The minimum atomic E-state index is -0.283. The Morgan fingerprint density at radius 3 is 3.17 bits per heavy atom. The lowest BCUT2D eigenvalue weighted by atomic mass is 10.0. The molecular weight excluding hydrogens is 233 g/mol. The number of H-pyrrole nitrogens is 1. The van der Waals surface area contributed by atoms with Gasteiger partial charge in [0, 0.05) is 6.04 Å². The van der Waals surface area contributed by atoms with Gasteiger partial charge in [0.1, 0.15) is 11.3 Å². The first-order valence-electron chi connectivity index (χ1n) is 6.25. The minimum Gasteiger partial charge on any atom is -0.379 e. The van der Waals surface area contributed by atoms with Crippen molar-refractivity contribution < 1.29 is 9.13 Å². The normalized spacial score (nSPS) is 23.9. The molecule has 0 aliphatic carbocycles. The summed E-state index contributed by atoms with van der Waals surface area (Å²) in [4.78, 5) is 7.57. The highest BCUT2D eigenvalue weighted by Crippen LogP contribution is 2.26. The number of rotatable bonds is 3. The number of benzene rings is 1. The van der Waals surface area contributed by atoms with E-state index in [1.54, 1.807) is 6.07 Å². The maximum Gasteiger partial charge on any atom is 0.151 e. The lowest BCUT2D eigenvalue weighted by Gasteiger charge is -2.15. The fourth-order valence-corrected chi connectivity index (χ4v) is 2.48. The Morgan fingerprint density at radius 2 is 2.39 bits per heavy atom. The summed E-state index contributed by atoms with van der Waals surface area (Å²) < 4.78 is 19.1. The summed E-state index contributed by atoms with van der Waals surface area (Å²) in [6.07, 6.45) is 0. The molecule has 3 rings (SSSR count). The van der Waals surface area contributed by atoms with Crippen molar-refractivity contribution in [3.63, 3.8) is 0 Å². The average Bonchev–Trinajstić information content (AvgIpc) is 2.95. The average molecular weight is 249 g/mol. The summed E-state index contributed by atoms with van der Waals surface area (Å²) in [7, 11) is 0. The molecule has 96 valence electrons. The van der Waals surface area contributed by atoms with Crippen molar-refractivity contribution in [1.29, 1.82) is 0 Å². The third-order valence-corrected chi connectivity index (χ3v) is 3.38. The monoisotopic (exact) mass is 249 g/mol. The summed E-state index contributed by atoms with van der Waals surface area (Å²) in [5, 5.41) is 3.37. The van der Waals surface area contributed by atoms with Crippen LogP contribution in [-0.2, 0) is 4.74 Å². The second-order valence-electron chi connectivity index (χ2n) is 4.57. The Hall–Kier alpha value is -1.46. The van der Waals surface area contributed by atoms with Gasteiger partial charge in [0.15, 0.2) is 5.82 Å². The zero-order chi connectivity index (χ0) is 12.5. The fourth-order valence-electron chi connectivity index (χ4n) is 2.48. The van der Waals surface area contributed by atoms with E-state index in [1.807, 2.05) is 6.07 Å². The molecule has 1 aromatic heterocycles. The second-order valence-corrected chi connectivity index (χ2v) is 4.57. The number of ether oxygens (including phenoxy) is 1. The van der Waals surface area contributed by atoms with Crippen LogP contribution in [0.3, 0.4) is 0 Å². The summed E-state index contributed by atoms with van der Waals surface area (Å²) in [6.45, 7) is 4.25. The third-order valence-electron chi connectivity index (χ3n) is 3.38. The van der Waals surface area contributed by atoms with Crippen LogP contribution < -0.4 is 5.32 Å². The third kappa shape index (κ3) is 1.89. The molecule has 1 aliphatic heterocycles. The number of hydrogen-bond donors (Lipinski definition) is 2. The first kappa shape index (κ1) is 11.6. The highest BCUT2D eigenvalue weighted by atomic mass is 19.1. The predicted octanol–water partition coefficient (Wildman–Crippen LogP) is 1.79. The van der Waals surface area contributed by atoms with Crippen molar-refractivity contribution in [2.24, 2.45) is 0 Å². The first-order valence-corrected chi connectivity index (χ1v) is 6.25. The molecule has 0 radical (unpaired) electrons. The fraction of sp³-hybridized carbons (Fsp3) is 0.462. The lowest BCUT2D eigenvalue weighted by molar-refractivity contribution is 0.187. The minimum absolute atomic E-state index is 0.164. The van der Waals surface area contributed by atoms with Crippen LogP contribution in [0.1, 0.15) is 18.7 Å². The van der Waals surface area contributed by atoms with Crippen LogP contribution >= 0.6 is 0 Å². The van der Waals surface area contributed by atoms with Crippen LogP contribution in [0.4, 0.5) is 4.39 Å². The zero-order valence-electron chi connectivity index (χ0n) is 10.2. The van der Waals surface area contributed by atoms with E-state index >= 15 is 0 Å². The molecule has 2 unspecified atom stereocenters. The molecule has 1 fully saturated rings. The zero-order valence-corrected chi connectivity index (χ0v) is 10.2. The molecule has 1 saturated heterocycles. The van der Waals surface area contributed by atoms with Crippen LogP contribution in [0.25, 0.3) is 11.0 Å². The van der Waals surface area contributed by atoms with E-state index < -0.39 is 0 Å². The molecule has 2 atom stereocenters. The number of fused-ring (bicyclic) bond motifs is 1. The van der Waals surface area contributed by atoms with Gasteiger partial charge in [-0.3, -0.25) is 0 Å². The first-order chi connectivity index (χ1) is 8.79. The summed E-state index contributed by atoms with van der Waals surface area (Å²) in [5.41, 5.74) is 1.15. The van der Waals surface area contributed by atoms with Crippen molar-refractivity contribution in [3.05, 3.63) is 29.8 Å². The largest absolute Gasteiger partial charge is 0.379 e. The smallest absolute Gasteiger partial charge is 0.151 e. The number of para-hydroxylation sites is 1. The Morgan fingerprint density at radius 1 is 1.50 bits per heavy atom. The molecule has 0 spiro atoms. The Kier molecular flexibility index (Phi) is 3.01. The van der Waals surface area contributed by atoms with Gasteiger partial charge in [-0.05, 0) is 18.7 Å². The number of nitrogens with zero attached hydrogens (tertiary/aromatic N) is 1. The van der Waals surface area contributed by atoms with E-state index in [1.165, 1.54) is 6.07 Å². The summed E-state index contributed by atoms with van der Waals surface area (Å²) >= 11 is 0. The number of likely N-dealkylation sites (N-methyl/N-ethyl adjacent to an activating group) is 1. The number of halogens is 1. The Bertz CT molecular complexity index is 554. The Labute approximate surface area is 105 Å². The van der Waals surface area contributed by atoms with E-state index in [9.17, 15) is 4.39 Å². The molecule has 0 amide bonds. The summed E-state index contributed by atoms with van der Waals surface area (Å²) in [6, 6.07) is 5.21. The molecule has 2 heterocycles. The van der Waals surface area contributed by atoms with E-state index in [0.717, 1.165) is 17.9 Å². The van der Waals surface area contributed by atoms with Crippen molar-refractivity contribution in [2.75, 3.05) is 19.8 Å². The van der Waals surface area contributed by atoms with Crippen LogP contribution in [0.15, 0.2) is 18.2 Å². The lowest BCUT2D eigenvalue weighted by Crippen LogP contribution is -2.34. The number of hydrogen-bond acceptors (Lipinski definition) is 3. The summed E-state index contributed by atoms with van der Waals surface area (Å²) in [5.74, 6) is 0.684. The highest BCUT2D eigenvalue weighted by Gasteiger charge is 2.31. The standard InChI is InChI=1S/C13H16FN3O/c1-2-15-11-7-18-6-8(11)13-16-10-5-3-4-9(14)12(10)17-13/h3-5,8,11,15H,2,6-7H2,1H3,(H,16,17). The molecule has 0 saturated carbocycles. The van der Waals surface area contributed by atoms with Crippen molar-refractivity contribution in [3.8, 4) is 0 Å². The van der Waals surface area contributed by atoms with Crippen LogP contribution in [-0.4, -0.2) is 35.8 Å². The van der Waals surface area contributed by atoms with Gasteiger partial charge < -0.3 is 15.0 Å². The van der Waals surface area contributed by atoms with Crippen LogP contribution in [0.2, 0.25) is 0 Å².